The average Bonchev–Trinajstić information content (AvgIpc) is 2.58. The average molecular weight is 447 g/mol. The van der Waals surface area contributed by atoms with Crippen LogP contribution in [0.25, 0.3) is 0 Å². The summed E-state index contributed by atoms with van der Waals surface area (Å²) >= 11 is 11.6. The van der Waals surface area contributed by atoms with Gasteiger partial charge in [0.1, 0.15) is 5.82 Å². The van der Waals surface area contributed by atoms with E-state index in [9.17, 15) is 22.4 Å². The lowest BCUT2D eigenvalue weighted by atomic mass is 10.1. The Kier molecular flexibility index (Phi) is 6.69. The third-order valence-electron chi connectivity index (χ3n) is 3.93. The second kappa shape index (κ2) is 8.46. The van der Waals surface area contributed by atoms with Crippen LogP contribution in [0, 0.1) is 5.82 Å². The summed E-state index contributed by atoms with van der Waals surface area (Å²) < 4.78 is 38.7. The predicted octanol–water partition coefficient (Wildman–Crippen LogP) is 3.65. The number of hydrogen-bond acceptors (Lipinski definition) is 4. The fraction of sp³-hybridized carbons (Fsp3) is 0.222. The summed E-state index contributed by atoms with van der Waals surface area (Å²) in [5.74, 6) is -1.79. The molecule has 28 heavy (non-hydrogen) atoms. The highest BCUT2D eigenvalue weighted by Gasteiger charge is 2.26. The smallest absolute Gasteiger partial charge is 0.245 e. The third kappa shape index (κ3) is 5.01. The number of carbonyl (C=O) groups excluding carboxylic acids is 2. The fourth-order valence-electron chi connectivity index (χ4n) is 2.45. The Morgan fingerprint density at radius 2 is 1.57 bits per heavy atom. The highest BCUT2D eigenvalue weighted by Crippen LogP contribution is 2.27. The highest BCUT2D eigenvalue weighted by atomic mass is 35.5. The van der Waals surface area contributed by atoms with Gasteiger partial charge in [0.2, 0.25) is 21.8 Å². The minimum Gasteiger partial charge on any atom is -0.316 e. The van der Waals surface area contributed by atoms with Crippen LogP contribution in [0.1, 0.15) is 12.5 Å². The van der Waals surface area contributed by atoms with Gasteiger partial charge in [-0.3, -0.25) is 9.59 Å². The highest BCUT2D eigenvalue weighted by molar-refractivity contribution is 7.92. The van der Waals surface area contributed by atoms with Gasteiger partial charge in [0.15, 0.2) is 0 Å². The summed E-state index contributed by atoms with van der Waals surface area (Å²) in [4.78, 5) is 25.5. The molecule has 0 aromatic heterocycles. The van der Waals surface area contributed by atoms with Gasteiger partial charge in [0.25, 0.3) is 0 Å². The van der Waals surface area contributed by atoms with E-state index < -0.39 is 28.2 Å². The van der Waals surface area contributed by atoms with Gasteiger partial charge in [-0.1, -0.05) is 23.2 Å². The molecule has 0 bridgehead atoms. The zero-order valence-corrected chi connectivity index (χ0v) is 17.6. The number of benzene rings is 2. The van der Waals surface area contributed by atoms with Crippen molar-refractivity contribution in [1.29, 1.82) is 0 Å². The fourth-order valence-corrected chi connectivity index (χ4v) is 3.84. The standard InChI is InChI=1S/C18H17Cl2FN2O4S/c1-11(24)22(2)13-4-6-14(7-5-13)23(28(3,26)27)18(25)9-12-8-17(21)16(20)10-15(12)19/h4-8,10H,9H2,1-3H3. The third-order valence-corrected chi connectivity index (χ3v) is 5.65. The predicted molar refractivity (Wildman–Crippen MR) is 108 cm³/mol. The number of amides is 2. The van der Waals surface area contributed by atoms with E-state index in [2.05, 4.69) is 0 Å². The maximum absolute atomic E-state index is 13.7. The number of rotatable bonds is 5. The van der Waals surface area contributed by atoms with Gasteiger partial charge in [-0.2, -0.15) is 0 Å². The van der Waals surface area contributed by atoms with Crippen LogP contribution in [-0.2, 0) is 26.0 Å². The molecule has 2 amide bonds. The van der Waals surface area contributed by atoms with Gasteiger partial charge >= 0.3 is 0 Å². The molecule has 0 saturated heterocycles. The van der Waals surface area contributed by atoms with Crippen molar-refractivity contribution in [3.63, 3.8) is 0 Å². The van der Waals surface area contributed by atoms with E-state index in [4.69, 9.17) is 23.2 Å². The summed E-state index contributed by atoms with van der Waals surface area (Å²) in [5.41, 5.74) is 0.717. The Morgan fingerprint density at radius 1 is 1.04 bits per heavy atom. The van der Waals surface area contributed by atoms with Gasteiger partial charge in [-0.25, -0.2) is 17.1 Å². The monoisotopic (exact) mass is 446 g/mol. The molecule has 0 radical (unpaired) electrons. The molecule has 0 N–H and O–H groups in total. The first-order valence-electron chi connectivity index (χ1n) is 7.92. The van der Waals surface area contributed by atoms with Crippen molar-refractivity contribution in [3.8, 4) is 0 Å². The quantitative estimate of drug-likeness (QED) is 0.656. The molecule has 0 unspecified atom stereocenters. The Labute approximate surface area is 172 Å². The Morgan fingerprint density at radius 3 is 2.07 bits per heavy atom. The Balaban J connectivity index is 2.38. The molecule has 0 saturated carbocycles. The van der Waals surface area contributed by atoms with E-state index in [0.29, 0.717) is 9.99 Å². The van der Waals surface area contributed by atoms with Gasteiger partial charge in [-0.15, -0.1) is 0 Å². The summed E-state index contributed by atoms with van der Waals surface area (Å²) in [7, 11) is -2.41. The normalized spacial score (nSPS) is 11.2. The molecule has 0 heterocycles. The summed E-state index contributed by atoms with van der Waals surface area (Å²) in [6, 6.07) is 7.97. The molecular weight excluding hydrogens is 430 g/mol. The van der Waals surface area contributed by atoms with Crippen molar-refractivity contribution < 1.29 is 22.4 Å². The van der Waals surface area contributed by atoms with E-state index >= 15 is 0 Å². The second-order valence-corrected chi connectivity index (χ2v) is 8.70. The number of halogens is 3. The van der Waals surface area contributed by atoms with Gasteiger partial charge in [0.05, 0.1) is 23.4 Å². The zero-order valence-electron chi connectivity index (χ0n) is 15.2. The van der Waals surface area contributed by atoms with Crippen LogP contribution in [-0.4, -0.2) is 33.5 Å². The summed E-state index contributed by atoms with van der Waals surface area (Å²) in [5, 5.41) is -0.155. The van der Waals surface area contributed by atoms with E-state index in [1.165, 1.54) is 36.1 Å². The van der Waals surface area contributed by atoms with Gasteiger partial charge < -0.3 is 4.90 Å². The Bertz CT molecular complexity index is 1030. The Hall–Kier alpha value is -2.16. The molecule has 2 aromatic carbocycles. The van der Waals surface area contributed by atoms with Gasteiger partial charge in [0, 0.05) is 24.7 Å². The molecule has 6 nitrogen and oxygen atoms in total. The number of hydrogen-bond donors (Lipinski definition) is 0. The van der Waals surface area contributed by atoms with Crippen molar-refractivity contribution in [3.05, 3.63) is 57.8 Å². The topological polar surface area (TPSA) is 74.8 Å². The first kappa shape index (κ1) is 22.1. The first-order valence-corrected chi connectivity index (χ1v) is 10.5. The lowest BCUT2D eigenvalue weighted by Crippen LogP contribution is -2.37. The number of anilines is 2. The van der Waals surface area contributed by atoms with Gasteiger partial charge in [-0.05, 0) is 42.0 Å². The lowest BCUT2D eigenvalue weighted by Gasteiger charge is -2.22. The van der Waals surface area contributed by atoms with Crippen LogP contribution < -0.4 is 9.21 Å². The van der Waals surface area contributed by atoms with E-state index in [1.807, 2.05) is 0 Å². The molecule has 0 fully saturated rings. The van der Waals surface area contributed by atoms with Crippen LogP contribution in [0.2, 0.25) is 10.0 Å². The molecule has 0 aliphatic rings. The summed E-state index contributed by atoms with van der Waals surface area (Å²) in [6.45, 7) is 1.38. The van der Waals surface area contributed by atoms with Crippen LogP contribution in [0.4, 0.5) is 15.8 Å². The molecule has 0 aliphatic heterocycles. The largest absolute Gasteiger partial charge is 0.316 e. The molecule has 10 heteroatoms. The number of sulfonamides is 1. The van der Waals surface area contributed by atoms with E-state index in [-0.39, 0.29) is 27.2 Å². The van der Waals surface area contributed by atoms with Crippen molar-refractivity contribution in [2.24, 2.45) is 0 Å². The molecule has 2 rings (SSSR count). The van der Waals surface area contributed by atoms with E-state index in [1.54, 1.807) is 7.05 Å². The van der Waals surface area contributed by atoms with Crippen molar-refractivity contribution in [2.75, 3.05) is 22.5 Å². The molecule has 0 spiro atoms. The molecular formula is C18H17Cl2FN2O4S. The van der Waals surface area contributed by atoms with Crippen molar-refractivity contribution in [1.82, 2.24) is 0 Å². The minimum absolute atomic E-state index is 0.0478. The minimum atomic E-state index is -3.98. The lowest BCUT2D eigenvalue weighted by molar-refractivity contribution is -0.117. The number of carbonyl (C=O) groups is 2. The SMILES string of the molecule is CC(=O)N(C)c1ccc(N(C(=O)Cc2cc(F)c(Cl)cc2Cl)S(C)(=O)=O)cc1. The second-order valence-electron chi connectivity index (χ2n) is 6.05. The van der Waals surface area contributed by atoms with E-state index in [0.717, 1.165) is 18.4 Å². The van der Waals surface area contributed by atoms with Crippen LogP contribution in [0.3, 0.4) is 0 Å². The van der Waals surface area contributed by atoms with Crippen LogP contribution in [0.5, 0.6) is 0 Å². The maximum Gasteiger partial charge on any atom is 0.245 e. The maximum atomic E-state index is 13.7. The van der Waals surface area contributed by atoms with Crippen molar-refractivity contribution in [2.45, 2.75) is 13.3 Å². The molecule has 150 valence electrons. The first-order chi connectivity index (χ1) is 12.9. The van der Waals surface area contributed by atoms with Crippen molar-refractivity contribution >= 4 is 56.4 Å². The molecule has 0 atom stereocenters. The zero-order chi connectivity index (χ0) is 21.2. The van der Waals surface area contributed by atoms with Crippen LogP contribution in [0.15, 0.2) is 36.4 Å². The summed E-state index contributed by atoms with van der Waals surface area (Å²) in [6.07, 6.45) is 0.430. The van der Waals surface area contributed by atoms with Crippen LogP contribution >= 0.6 is 23.2 Å². The number of nitrogens with zero attached hydrogens (tertiary/aromatic N) is 2. The molecule has 0 aliphatic carbocycles. The molecule has 2 aromatic rings.